The van der Waals surface area contributed by atoms with Crippen LogP contribution in [0, 0.1) is 11.3 Å². The van der Waals surface area contributed by atoms with Gasteiger partial charge in [-0.1, -0.05) is 20.8 Å². The van der Waals surface area contributed by atoms with Gasteiger partial charge < -0.3 is 10.1 Å². The van der Waals surface area contributed by atoms with E-state index in [0.29, 0.717) is 23.2 Å². The van der Waals surface area contributed by atoms with E-state index < -0.39 is 11.7 Å². The molecule has 1 aromatic rings. The molecule has 0 aliphatic heterocycles. The highest BCUT2D eigenvalue weighted by Crippen LogP contribution is 2.42. The van der Waals surface area contributed by atoms with Crippen molar-refractivity contribution in [2.75, 3.05) is 10.6 Å². The lowest BCUT2D eigenvalue weighted by Crippen LogP contribution is -2.27. The molecule has 128 valence electrons. The third-order valence-corrected chi connectivity index (χ3v) is 4.08. The van der Waals surface area contributed by atoms with Crippen LogP contribution in [0.4, 0.5) is 16.3 Å². The Hall–Kier alpha value is -1.78. The van der Waals surface area contributed by atoms with Crippen molar-refractivity contribution < 1.29 is 9.53 Å². The van der Waals surface area contributed by atoms with Gasteiger partial charge in [0.15, 0.2) is 0 Å². The van der Waals surface area contributed by atoms with Gasteiger partial charge in [-0.25, -0.2) is 9.78 Å². The highest BCUT2D eigenvalue weighted by atomic mass is 16.6. The summed E-state index contributed by atoms with van der Waals surface area (Å²) in [6.45, 7) is 12.4. The van der Waals surface area contributed by atoms with E-state index in [1.54, 1.807) is 12.3 Å². The topological polar surface area (TPSA) is 63.2 Å². The summed E-state index contributed by atoms with van der Waals surface area (Å²) in [5.74, 6) is 1.13. The number of rotatable bonds is 3. The number of carbonyl (C=O) groups is 1. The zero-order valence-electron chi connectivity index (χ0n) is 15.1. The third kappa shape index (κ3) is 5.41. The number of hydrogen-bond donors (Lipinski definition) is 2. The van der Waals surface area contributed by atoms with Gasteiger partial charge in [-0.15, -0.1) is 0 Å². The SMILES string of the molecule is CC1CC(C)(C)CC1Nc1ccc(NC(=O)OC(C)(C)C)nc1. The number of ether oxygens (including phenoxy) is 1. The molecule has 0 spiro atoms. The van der Waals surface area contributed by atoms with Crippen LogP contribution in [0.25, 0.3) is 0 Å². The molecule has 1 aliphatic carbocycles. The maximum Gasteiger partial charge on any atom is 0.413 e. The summed E-state index contributed by atoms with van der Waals surface area (Å²) >= 11 is 0. The highest BCUT2D eigenvalue weighted by molar-refractivity contribution is 5.83. The van der Waals surface area contributed by atoms with Crippen molar-refractivity contribution in [2.24, 2.45) is 11.3 Å². The third-order valence-electron chi connectivity index (χ3n) is 4.08. The largest absolute Gasteiger partial charge is 0.444 e. The van der Waals surface area contributed by atoms with Crippen molar-refractivity contribution in [3.05, 3.63) is 18.3 Å². The van der Waals surface area contributed by atoms with Crippen molar-refractivity contribution in [1.29, 1.82) is 0 Å². The molecule has 2 atom stereocenters. The minimum absolute atomic E-state index is 0.392. The molecule has 23 heavy (non-hydrogen) atoms. The molecular formula is C18H29N3O2. The number of nitrogens with one attached hydrogen (secondary N) is 2. The van der Waals surface area contributed by atoms with Crippen LogP contribution in [0.3, 0.4) is 0 Å². The molecule has 1 heterocycles. The molecule has 2 unspecified atom stereocenters. The average molecular weight is 319 g/mol. The van der Waals surface area contributed by atoms with Gasteiger partial charge in [0.2, 0.25) is 0 Å². The van der Waals surface area contributed by atoms with Gasteiger partial charge in [0, 0.05) is 6.04 Å². The lowest BCUT2D eigenvalue weighted by Gasteiger charge is -2.20. The molecular weight excluding hydrogens is 290 g/mol. The minimum Gasteiger partial charge on any atom is -0.444 e. The second-order valence-corrected chi connectivity index (χ2v) is 8.36. The van der Waals surface area contributed by atoms with E-state index in [4.69, 9.17) is 4.74 Å². The first-order valence-electron chi connectivity index (χ1n) is 8.27. The molecule has 1 amide bonds. The zero-order valence-corrected chi connectivity index (χ0v) is 15.1. The molecule has 2 rings (SSSR count). The fourth-order valence-electron chi connectivity index (χ4n) is 3.26. The normalized spacial score (nSPS) is 23.4. The number of hydrogen-bond acceptors (Lipinski definition) is 4. The Morgan fingerprint density at radius 2 is 2.00 bits per heavy atom. The summed E-state index contributed by atoms with van der Waals surface area (Å²) in [5, 5.41) is 6.20. The molecule has 1 fully saturated rings. The van der Waals surface area contributed by atoms with Gasteiger partial charge >= 0.3 is 6.09 Å². The first kappa shape index (κ1) is 17.6. The lowest BCUT2D eigenvalue weighted by molar-refractivity contribution is 0.0635. The summed E-state index contributed by atoms with van der Waals surface area (Å²) in [7, 11) is 0. The predicted molar refractivity (Wildman–Crippen MR) is 93.7 cm³/mol. The Kier molecular flexibility index (Phi) is 4.87. The summed E-state index contributed by atoms with van der Waals surface area (Å²) in [6.07, 6.45) is 3.66. The Labute approximate surface area is 139 Å². The highest BCUT2D eigenvalue weighted by Gasteiger charge is 2.36. The van der Waals surface area contributed by atoms with Crippen molar-refractivity contribution in [2.45, 2.75) is 66.0 Å². The molecule has 1 aromatic heterocycles. The number of amides is 1. The van der Waals surface area contributed by atoms with E-state index in [9.17, 15) is 4.79 Å². The molecule has 1 saturated carbocycles. The van der Waals surface area contributed by atoms with E-state index in [1.165, 1.54) is 6.42 Å². The fraction of sp³-hybridized carbons (Fsp3) is 0.667. The number of pyridine rings is 1. The quantitative estimate of drug-likeness (QED) is 0.850. The lowest BCUT2D eigenvalue weighted by atomic mass is 9.91. The molecule has 0 radical (unpaired) electrons. The Bertz CT molecular complexity index is 546. The van der Waals surface area contributed by atoms with Gasteiger partial charge in [-0.2, -0.15) is 0 Å². The number of nitrogens with zero attached hydrogens (tertiary/aromatic N) is 1. The van der Waals surface area contributed by atoms with Crippen LogP contribution in [0.2, 0.25) is 0 Å². The molecule has 0 saturated heterocycles. The van der Waals surface area contributed by atoms with Gasteiger partial charge in [-0.3, -0.25) is 5.32 Å². The average Bonchev–Trinajstić information content (AvgIpc) is 2.62. The second kappa shape index (κ2) is 6.38. The Morgan fingerprint density at radius 3 is 2.48 bits per heavy atom. The van der Waals surface area contributed by atoms with Crippen molar-refractivity contribution in [3.8, 4) is 0 Å². The van der Waals surface area contributed by atoms with Crippen LogP contribution in [-0.2, 0) is 4.74 Å². The van der Waals surface area contributed by atoms with Crippen molar-refractivity contribution in [3.63, 3.8) is 0 Å². The zero-order chi connectivity index (χ0) is 17.3. The summed E-state index contributed by atoms with van der Waals surface area (Å²) in [6, 6.07) is 4.20. The smallest absolute Gasteiger partial charge is 0.413 e. The van der Waals surface area contributed by atoms with Gasteiger partial charge in [0.25, 0.3) is 0 Å². The number of anilines is 2. The minimum atomic E-state index is -0.517. The standard InChI is InChI=1S/C18H29N3O2/c1-12-9-18(5,6)10-14(12)20-13-7-8-15(19-11-13)21-16(22)23-17(2,3)4/h7-8,11-12,14,20H,9-10H2,1-6H3,(H,19,21,22). The van der Waals surface area contributed by atoms with Crippen molar-refractivity contribution in [1.82, 2.24) is 4.98 Å². The van der Waals surface area contributed by atoms with Gasteiger partial charge in [-0.05, 0) is 57.1 Å². The second-order valence-electron chi connectivity index (χ2n) is 8.36. The molecule has 1 aliphatic rings. The number of aromatic nitrogens is 1. The summed E-state index contributed by atoms with van der Waals surface area (Å²) in [4.78, 5) is 16.0. The van der Waals surface area contributed by atoms with Crippen LogP contribution < -0.4 is 10.6 Å². The van der Waals surface area contributed by atoms with Crippen LogP contribution in [0.15, 0.2) is 18.3 Å². The monoisotopic (exact) mass is 319 g/mol. The van der Waals surface area contributed by atoms with Crippen LogP contribution in [0.5, 0.6) is 0 Å². The molecule has 5 heteroatoms. The fourth-order valence-corrected chi connectivity index (χ4v) is 3.26. The first-order chi connectivity index (χ1) is 10.5. The first-order valence-corrected chi connectivity index (χ1v) is 8.27. The molecule has 0 bridgehead atoms. The van der Waals surface area contributed by atoms with E-state index in [-0.39, 0.29) is 0 Å². The Balaban J connectivity index is 1.91. The van der Waals surface area contributed by atoms with Crippen molar-refractivity contribution >= 4 is 17.6 Å². The van der Waals surface area contributed by atoms with E-state index in [2.05, 4.69) is 36.4 Å². The maximum absolute atomic E-state index is 11.7. The predicted octanol–water partition coefficient (Wildman–Crippen LogP) is 4.67. The maximum atomic E-state index is 11.7. The van der Waals surface area contributed by atoms with Crippen LogP contribution >= 0.6 is 0 Å². The van der Waals surface area contributed by atoms with Crippen LogP contribution in [0.1, 0.15) is 54.4 Å². The number of carbonyl (C=O) groups excluding carboxylic acids is 1. The molecule has 0 aromatic carbocycles. The summed E-state index contributed by atoms with van der Waals surface area (Å²) in [5.41, 5.74) is 0.856. The van der Waals surface area contributed by atoms with E-state index in [1.807, 2.05) is 26.8 Å². The van der Waals surface area contributed by atoms with Gasteiger partial charge in [0.1, 0.15) is 11.4 Å². The summed E-state index contributed by atoms with van der Waals surface area (Å²) < 4.78 is 5.21. The Morgan fingerprint density at radius 1 is 1.30 bits per heavy atom. The molecule has 2 N–H and O–H groups in total. The van der Waals surface area contributed by atoms with E-state index >= 15 is 0 Å². The van der Waals surface area contributed by atoms with E-state index in [0.717, 1.165) is 12.1 Å². The van der Waals surface area contributed by atoms with Gasteiger partial charge in [0.05, 0.1) is 11.9 Å². The molecule has 5 nitrogen and oxygen atoms in total. The van der Waals surface area contributed by atoms with Crippen LogP contribution in [-0.4, -0.2) is 22.7 Å².